The predicted octanol–water partition coefficient (Wildman–Crippen LogP) is 16.0. The summed E-state index contributed by atoms with van der Waals surface area (Å²) in [6.07, 6.45) is 7.83. The van der Waals surface area contributed by atoms with Gasteiger partial charge in [-0.15, -0.1) is 27.8 Å². The van der Waals surface area contributed by atoms with Crippen molar-refractivity contribution < 1.29 is 83.7 Å². The van der Waals surface area contributed by atoms with E-state index in [2.05, 4.69) is 87.1 Å². The van der Waals surface area contributed by atoms with Gasteiger partial charge in [0.1, 0.15) is 22.1 Å². The molecule has 0 saturated heterocycles. The summed E-state index contributed by atoms with van der Waals surface area (Å²) in [6, 6.07) is 19.0. The molecule has 29 heteroatoms. The molecule has 104 heavy (non-hydrogen) atoms. The van der Waals surface area contributed by atoms with Gasteiger partial charge in [-0.05, 0) is 86.2 Å². The van der Waals surface area contributed by atoms with Gasteiger partial charge in [-0.3, -0.25) is 19.9 Å². The van der Waals surface area contributed by atoms with E-state index in [4.69, 9.17) is 40.3 Å². The van der Waals surface area contributed by atoms with Gasteiger partial charge in [-0.25, -0.2) is 48.2 Å². The van der Waals surface area contributed by atoms with E-state index in [1.165, 1.54) is 39.6 Å². The summed E-state index contributed by atoms with van der Waals surface area (Å²) in [7, 11) is 0. The van der Waals surface area contributed by atoms with Crippen molar-refractivity contribution in [2.45, 2.75) is 216 Å². The van der Waals surface area contributed by atoms with Gasteiger partial charge in [-0.2, -0.15) is 5.10 Å². The smallest absolute Gasteiger partial charge is 0.373 e. The van der Waals surface area contributed by atoms with Gasteiger partial charge in [0.05, 0.1) is 22.3 Å². The number of pyridine rings is 2. The molecule has 0 aliphatic carbocycles. The fraction of sp³-hybridized carbons (Fsp3) is 0.440. The SMILES string of the molecule is CC(C)(C)c1cc(C(=O)O)n[nH]1.CC(C)(C)c1cc(C(=O)O)no1.CC(C)(C)c1ccc(C(=O)O)cn1.CC(C)(C)c1ccc(C(=O)O)s1.CC(C)(C)c1cn(CC(=O)O)nn1.CC(C)(C)c1cnc(C(=O)O)nc1.CC(C)(C)c1cnc2ccccc2c1C(=O)O.CC(C)(C)c1csc(C(=O)O)c1. The van der Waals surface area contributed by atoms with Gasteiger partial charge in [0, 0.05) is 80.4 Å². The lowest BCUT2D eigenvalue weighted by atomic mass is 9.83. The van der Waals surface area contributed by atoms with Crippen LogP contribution in [0.25, 0.3) is 10.9 Å². The second-order valence-electron chi connectivity index (χ2n) is 31.7. The molecule has 0 saturated carbocycles. The van der Waals surface area contributed by atoms with E-state index in [9.17, 15) is 43.5 Å². The number of aliphatic carboxylic acids is 1. The molecule has 0 atom stereocenters. The first-order chi connectivity index (χ1) is 47.3. The third-order valence-corrected chi connectivity index (χ3v) is 16.6. The Bertz CT molecular complexity index is 4040. The van der Waals surface area contributed by atoms with Gasteiger partial charge in [0.2, 0.25) is 5.82 Å². The molecule has 1 aromatic carbocycles. The van der Waals surface area contributed by atoms with Gasteiger partial charge in [0.15, 0.2) is 11.4 Å². The number of rotatable bonds is 9. The van der Waals surface area contributed by atoms with E-state index in [1.54, 1.807) is 61.2 Å². The summed E-state index contributed by atoms with van der Waals surface area (Å²) in [4.78, 5) is 103. The molecule has 0 radical (unpaired) electrons. The number of aromatic carboxylic acids is 7. The lowest BCUT2D eigenvalue weighted by Gasteiger charge is -2.21. The average Bonchev–Trinajstić information content (AvgIpc) is 1.14. The van der Waals surface area contributed by atoms with E-state index in [-0.39, 0.29) is 72.6 Å². The number of fused-ring (bicyclic) bond motifs is 1. The van der Waals surface area contributed by atoms with E-state index < -0.39 is 47.8 Å². The van der Waals surface area contributed by atoms with Crippen LogP contribution in [-0.2, 0) is 54.7 Å². The molecule has 8 heterocycles. The lowest BCUT2D eigenvalue weighted by molar-refractivity contribution is -0.138. The van der Waals surface area contributed by atoms with Crippen molar-refractivity contribution in [1.29, 1.82) is 0 Å². The number of aromatic nitrogens is 10. The van der Waals surface area contributed by atoms with Crippen molar-refractivity contribution in [3.05, 3.63) is 186 Å². The summed E-state index contributed by atoms with van der Waals surface area (Å²) < 4.78 is 6.18. The standard InChI is InChI=1S/C14H15NO2.C10H13NO2.C9H12N2O2.2C9H12O2S.C8H13N3O2.C8H12N2O2.C8H11NO3/c1-14(2,3)10-8-15-11-7-5-4-6-9(11)12(10)13(16)17;1-10(2,3)8-5-4-7(6-11-8)9(12)13;1-9(2,3)6-4-10-7(8(12)13)11-5-6;1-9(2,3)6-4-7(8(10)11)12-5-6;1-9(2,3)7-5-4-6(12-7)8(10)11;1-8(2,3)6-4-11(10-9-6)5-7(12)13;1-8(2,3)6-4-5(7(11)12)9-10-6;1-8(2,3)6-4-5(7(10)11)9-12-6/h4-8H,1-3H3,(H,16,17);4-6H,1-3H3,(H,12,13);4-5H,1-3H3,(H,12,13);2*4-5H,1-3H3,(H,10,11);4H,5H2,1-3H3,(H,12,13);4H,1-3H3,(H,9,10)(H,11,12);4H,1-3H3,(H,10,11). The second-order valence-corrected chi connectivity index (χ2v) is 33.7. The maximum absolute atomic E-state index is 11.5. The lowest BCUT2D eigenvalue weighted by Crippen LogP contribution is -2.17. The fourth-order valence-corrected chi connectivity index (χ4v) is 9.70. The molecular formula is C75H100N10O17S2. The molecule has 0 aliphatic heterocycles. The number of H-pyrrole nitrogens is 1. The van der Waals surface area contributed by atoms with Gasteiger partial charge < -0.3 is 45.4 Å². The van der Waals surface area contributed by atoms with Crippen LogP contribution in [0.2, 0.25) is 0 Å². The highest BCUT2D eigenvalue weighted by Crippen LogP contribution is 2.32. The Morgan fingerprint density at radius 3 is 1.36 bits per heavy atom. The third-order valence-electron chi connectivity index (χ3n) is 14.2. The molecule has 27 nitrogen and oxygen atoms in total. The first kappa shape index (κ1) is 89.7. The molecule has 0 unspecified atom stereocenters. The van der Waals surface area contributed by atoms with Crippen molar-refractivity contribution in [2.75, 3.05) is 0 Å². The number of thiophene rings is 2. The molecule has 0 bridgehead atoms. The maximum Gasteiger partial charge on any atom is 0.373 e. The number of benzene rings is 1. The van der Waals surface area contributed by atoms with E-state index in [0.717, 1.165) is 44.2 Å². The summed E-state index contributed by atoms with van der Waals surface area (Å²) in [5, 5.41) is 89.5. The normalized spacial score (nSPS) is 11.5. The largest absolute Gasteiger partial charge is 0.480 e. The fourth-order valence-electron chi connectivity index (χ4n) is 7.83. The van der Waals surface area contributed by atoms with Crippen molar-refractivity contribution in [3.8, 4) is 0 Å². The minimum absolute atomic E-state index is 0.0307. The first-order valence-corrected chi connectivity index (χ1v) is 34.1. The van der Waals surface area contributed by atoms with Crippen LogP contribution in [0.15, 0.2) is 108 Å². The topological polar surface area (TPSA) is 435 Å². The van der Waals surface area contributed by atoms with Crippen molar-refractivity contribution >= 4 is 81.3 Å². The van der Waals surface area contributed by atoms with E-state index >= 15 is 0 Å². The van der Waals surface area contributed by atoms with Crippen LogP contribution in [-0.4, -0.2) is 139 Å². The van der Waals surface area contributed by atoms with Crippen LogP contribution < -0.4 is 0 Å². The number of carbonyl (C=O) groups is 8. The molecule has 8 aromatic heterocycles. The van der Waals surface area contributed by atoms with Crippen LogP contribution in [0, 0.1) is 0 Å². The Kier molecular flexibility index (Phi) is 31.6. The number of carboxylic acid groups (broad SMARTS) is 8. The number of carboxylic acids is 8. The molecule has 0 spiro atoms. The van der Waals surface area contributed by atoms with Crippen LogP contribution in [0.1, 0.15) is 282 Å². The molecule has 0 fully saturated rings. The predicted molar refractivity (Wildman–Crippen MR) is 398 cm³/mol. The zero-order valence-electron chi connectivity index (χ0n) is 63.6. The maximum atomic E-state index is 11.5. The average molecular weight is 1480 g/mol. The van der Waals surface area contributed by atoms with Gasteiger partial charge in [-0.1, -0.05) is 195 Å². The Morgan fingerprint density at radius 2 is 1.02 bits per heavy atom. The van der Waals surface area contributed by atoms with Crippen LogP contribution in [0.5, 0.6) is 0 Å². The minimum atomic E-state index is -1.10. The highest BCUT2D eigenvalue weighted by Gasteiger charge is 2.27. The van der Waals surface area contributed by atoms with Gasteiger partial charge in [0.25, 0.3) is 0 Å². The third kappa shape index (κ3) is 29.9. The highest BCUT2D eigenvalue weighted by atomic mass is 32.1. The van der Waals surface area contributed by atoms with Crippen molar-refractivity contribution in [2.24, 2.45) is 0 Å². The Hall–Kier alpha value is -10.4. The Morgan fingerprint density at radius 1 is 0.471 bits per heavy atom. The molecule has 9 aromatic rings. The first-order valence-electron chi connectivity index (χ1n) is 32.4. The highest BCUT2D eigenvalue weighted by molar-refractivity contribution is 7.14. The minimum Gasteiger partial charge on any atom is -0.480 e. The molecule has 564 valence electrons. The Balaban J connectivity index is 0.000000405. The van der Waals surface area contributed by atoms with E-state index in [1.807, 2.05) is 154 Å². The molecular weight excluding hydrogens is 1380 g/mol. The van der Waals surface area contributed by atoms with Crippen LogP contribution in [0.3, 0.4) is 0 Å². The summed E-state index contributed by atoms with van der Waals surface area (Å²) in [5.41, 5.74) is 6.09. The number of hydrogen-bond acceptors (Lipinski definition) is 19. The van der Waals surface area contributed by atoms with Gasteiger partial charge >= 0.3 is 47.8 Å². The van der Waals surface area contributed by atoms with Crippen LogP contribution >= 0.6 is 22.7 Å². The zero-order chi connectivity index (χ0) is 80.2. The summed E-state index contributed by atoms with van der Waals surface area (Å²) >= 11 is 2.63. The van der Waals surface area contributed by atoms with Crippen molar-refractivity contribution in [1.82, 2.24) is 50.3 Å². The Labute approximate surface area is 613 Å². The molecule has 0 aliphatic rings. The number of nitrogens with one attached hydrogen (secondary N) is 1. The number of hydrogen-bond donors (Lipinski definition) is 9. The molecule has 0 amide bonds. The summed E-state index contributed by atoms with van der Waals surface area (Å²) in [6.45, 7) is 48.2. The monoisotopic (exact) mass is 1480 g/mol. The summed E-state index contributed by atoms with van der Waals surface area (Å²) in [5.74, 6) is -7.15. The zero-order valence-corrected chi connectivity index (χ0v) is 65.2. The van der Waals surface area contributed by atoms with Crippen LogP contribution in [0.4, 0.5) is 0 Å². The molecule has 9 N–H and O–H groups in total. The van der Waals surface area contributed by atoms with Crippen molar-refractivity contribution in [3.63, 3.8) is 0 Å². The number of aromatic amines is 1. The number of nitrogens with zero attached hydrogens (tertiary/aromatic N) is 9. The quantitative estimate of drug-likeness (QED) is 0.0648. The second kappa shape index (κ2) is 36.6. The van der Waals surface area contributed by atoms with E-state index in [0.29, 0.717) is 26.5 Å². The number of para-hydroxylation sites is 1. The molecule has 9 rings (SSSR count).